The highest BCUT2D eigenvalue weighted by Crippen LogP contribution is 2.21. The summed E-state index contributed by atoms with van der Waals surface area (Å²) in [5.41, 5.74) is 0.985. The zero-order valence-corrected chi connectivity index (χ0v) is 13.5. The Hall–Kier alpha value is -3.68. The van der Waals surface area contributed by atoms with Crippen LogP contribution in [0.25, 0.3) is 0 Å². The van der Waals surface area contributed by atoms with Crippen LogP contribution in [0.1, 0.15) is 5.56 Å². The minimum Gasteiger partial charge on any atom is -0.470 e. The van der Waals surface area contributed by atoms with Crippen LogP contribution in [-0.4, -0.2) is 23.3 Å². The fraction of sp³-hybridized carbons (Fsp3) is 0.111. The number of Topliss-reactive ketones (excluding diaryl/α,β-unsaturated/α-hetero) is 1. The normalized spacial score (nSPS) is 13.3. The van der Waals surface area contributed by atoms with Gasteiger partial charge in [-0.1, -0.05) is 18.2 Å². The van der Waals surface area contributed by atoms with E-state index >= 15 is 0 Å². The number of rotatable bonds is 6. The summed E-state index contributed by atoms with van der Waals surface area (Å²) >= 11 is 0. The van der Waals surface area contributed by atoms with Crippen molar-refractivity contribution in [1.29, 1.82) is 0 Å². The number of carbonyl (C=O) groups excluding carboxylic acids is 2. The molecule has 2 aromatic rings. The number of non-ortho nitro benzene ring substituents is 1. The van der Waals surface area contributed by atoms with Crippen LogP contribution in [0.15, 0.2) is 66.1 Å². The summed E-state index contributed by atoms with van der Waals surface area (Å²) in [5, 5.41) is 13.5. The molecule has 0 atom stereocenters. The van der Waals surface area contributed by atoms with Crippen LogP contribution in [0.4, 0.5) is 11.4 Å². The second-order valence-electron chi connectivity index (χ2n) is 5.41. The van der Waals surface area contributed by atoms with Gasteiger partial charge in [-0.15, -0.1) is 0 Å². The van der Waals surface area contributed by atoms with E-state index < -0.39 is 16.7 Å². The van der Waals surface area contributed by atoms with Gasteiger partial charge in [0.1, 0.15) is 6.61 Å². The van der Waals surface area contributed by atoms with Crippen molar-refractivity contribution in [3.05, 3.63) is 81.7 Å². The smallest absolute Gasteiger partial charge is 0.347 e. The van der Waals surface area contributed by atoms with Crippen molar-refractivity contribution in [1.82, 2.24) is 0 Å². The van der Waals surface area contributed by atoms with Gasteiger partial charge in [-0.2, -0.15) is 0 Å². The number of nitro benzene ring substituents is 1. The van der Waals surface area contributed by atoms with E-state index in [1.807, 2.05) is 6.07 Å². The summed E-state index contributed by atoms with van der Waals surface area (Å²) in [5.74, 6) is -1.24. The van der Waals surface area contributed by atoms with E-state index in [0.29, 0.717) is 11.3 Å². The van der Waals surface area contributed by atoms with Crippen LogP contribution < -0.4 is 5.32 Å². The zero-order valence-electron chi connectivity index (χ0n) is 13.5. The number of nitrogens with zero attached hydrogens (tertiary/aromatic N) is 1. The topological polar surface area (TPSA) is 108 Å². The Bertz CT molecular complexity index is 874. The molecule has 0 unspecified atom stereocenters. The molecule has 0 aromatic heterocycles. The first-order chi connectivity index (χ1) is 12.5. The highest BCUT2D eigenvalue weighted by molar-refractivity contribution is 6.19. The van der Waals surface area contributed by atoms with E-state index in [9.17, 15) is 19.7 Å². The molecule has 132 valence electrons. The van der Waals surface area contributed by atoms with Gasteiger partial charge in [-0.25, -0.2) is 4.79 Å². The molecule has 3 rings (SSSR count). The quantitative estimate of drug-likeness (QED) is 0.367. The molecule has 0 bridgehead atoms. The van der Waals surface area contributed by atoms with E-state index in [1.54, 1.807) is 24.3 Å². The van der Waals surface area contributed by atoms with Crippen LogP contribution in [0.5, 0.6) is 0 Å². The lowest BCUT2D eigenvalue weighted by molar-refractivity contribution is -0.384. The average molecular weight is 354 g/mol. The summed E-state index contributed by atoms with van der Waals surface area (Å²) in [6.07, 6.45) is 0. The number of hydrogen-bond acceptors (Lipinski definition) is 7. The maximum Gasteiger partial charge on any atom is 0.347 e. The Kier molecular flexibility index (Phi) is 4.93. The Morgan fingerprint density at radius 3 is 2.50 bits per heavy atom. The van der Waals surface area contributed by atoms with Gasteiger partial charge in [0.15, 0.2) is 12.2 Å². The van der Waals surface area contributed by atoms with E-state index in [1.165, 1.54) is 24.3 Å². The zero-order chi connectivity index (χ0) is 18.5. The molecule has 0 saturated heterocycles. The lowest BCUT2D eigenvalue weighted by atomic mass is 10.2. The second kappa shape index (κ2) is 7.47. The molecule has 1 heterocycles. The number of hydrogen-bond donors (Lipinski definition) is 1. The Labute approximate surface area is 148 Å². The minimum atomic E-state index is -0.815. The van der Waals surface area contributed by atoms with Gasteiger partial charge in [0.2, 0.25) is 11.7 Å². The maximum absolute atomic E-state index is 12.3. The molecular formula is C18H14N2O6. The number of anilines is 1. The molecule has 1 aliphatic rings. The first-order valence-corrected chi connectivity index (χ1v) is 7.67. The van der Waals surface area contributed by atoms with Crippen molar-refractivity contribution in [2.75, 3.05) is 11.9 Å². The molecule has 26 heavy (non-hydrogen) atoms. The third kappa shape index (κ3) is 3.86. The van der Waals surface area contributed by atoms with Gasteiger partial charge in [0.05, 0.1) is 4.92 Å². The summed E-state index contributed by atoms with van der Waals surface area (Å²) in [7, 11) is 0. The molecule has 0 radical (unpaired) electrons. The van der Waals surface area contributed by atoms with E-state index in [-0.39, 0.29) is 30.4 Å². The van der Waals surface area contributed by atoms with Crippen molar-refractivity contribution in [3.8, 4) is 0 Å². The van der Waals surface area contributed by atoms with Crippen LogP contribution in [0.2, 0.25) is 0 Å². The van der Waals surface area contributed by atoms with Crippen LogP contribution in [0.3, 0.4) is 0 Å². The first-order valence-electron chi connectivity index (χ1n) is 7.67. The highest BCUT2D eigenvalue weighted by atomic mass is 16.6. The standard InChI is InChI=1S/C18H14N2O6/c21-15-11-25-17(19-13-4-2-1-3-5-13)16(15)18(22)26-10-12-6-8-14(9-7-12)20(23)24/h1-9,19H,10-11H2. The Morgan fingerprint density at radius 2 is 1.85 bits per heavy atom. The molecule has 1 N–H and O–H groups in total. The fourth-order valence-corrected chi connectivity index (χ4v) is 2.30. The summed E-state index contributed by atoms with van der Waals surface area (Å²) in [4.78, 5) is 34.3. The maximum atomic E-state index is 12.3. The number of ketones is 1. The number of para-hydroxylation sites is 1. The number of nitrogens with one attached hydrogen (secondary N) is 1. The molecule has 0 aliphatic carbocycles. The monoisotopic (exact) mass is 354 g/mol. The molecule has 0 fully saturated rings. The van der Waals surface area contributed by atoms with Gasteiger partial charge in [-0.05, 0) is 29.8 Å². The molecule has 0 amide bonds. The number of carbonyl (C=O) groups is 2. The summed E-state index contributed by atoms with van der Waals surface area (Å²) in [6, 6.07) is 14.5. The van der Waals surface area contributed by atoms with E-state index in [2.05, 4.69) is 5.32 Å². The highest BCUT2D eigenvalue weighted by Gasteiger charge is 2.32. The number of benzene rings is 2. The van der Waals surface area contributed by atoms with Crippen LogP contribution in [0, 0.1) is 10.1 Å². The molecule has 0 saturated carbocycles. The van der Waals surface area contributed by atoms with Gasteiger partial charge >= 0.3 is 5.97 Å². The average Bonchev–Trinajstić information content (AvgIpc) is 3.01. The van der Waals surface area contributed by atoms with E-state index in [4.69, 9.17) is 9.47 Å². The van der Waals surface area contributed by atoms with Crippen molar-refractivity contribution in [2.45, 2.75) is 6.61 Å². The number of nitro groups is 1. The lowest BCUT2D eigenvalue weighted by Crippen LogP contribution is -2.16. The third-order valence-corrected chi connectivity index (χ3v) is 3.61. The van der Waals surface area contributed by atoms with Gasteiger partial charge < -0.3 is 14.8 Å². The summed E-state index contributed by atoms with van der Waals surface area (Å²) in [6.45, 7) is -0.358. The molecule has 1 aliphatic heterocycles. The van der Waals surface area contributed by atoms with Crippen molar-refractivity contribution >= 4 is 23.1 Å². The Balaban J connectivity index is 1.69. The number of ether oxygens (including phenoxy) is 2. The molecular weight excluding hydrogens is 340 g/mol. The SMILES string of the molecule is O=C1COC(Nc2ccccc2)=C1C(=O)OCc1ccc([N+](=O)[O-])cc1. The van der Waals surface area contributed by atoms with Gasteiger partial charge in [0.25, 0.3) is 5.69 Å². The lowest BCUT2D eigenvalue weighted by Gasteiger charge is -2.09. The summed E-state index contributed by atoms with van der Waals surface area (Å²) < 4.78 is 10.4. The van der Waals surface area contributed by atoms with Gasteiger partial charge in [-0.3, -0.25) is 14.9 Å². The predicted molar refractivity (Wildman–Crippen MR) is 90.9 cm³/mol. The molecule has 0 spiro atoms. The fourth-order valence-electron chi connectivity index (χ4n) is 2.30. The van der Waals surface area contributed by atoms with Crippen LogP contribution in [-0.2, 0) is 25.7 Å². The molecule has 8 nitrogen and oxygen atoms in total. The minimum absolute atomic E-state index is 0.0508. The predicted octanol–water partition coefficient (Wildman–Crippen LogP) is 2.56. The van der Waals surface area contributed by atoms with Crippen molar-refractivity contribution < 1.29 is 24.0 Å². The van der Waals surface area contributed by atoms with Crippen LogP contribution >= 0.6 is 0 Å². The second-order valence-corrected chi connectivity index (χ2v) is 5.41. The third-order valence-electron chi connectivity index (χ3n) is 3.61. The molecule has 8 heteroatoms. The van der Waals surface area contributed by atoms with Gasteiger partial charge in [0, 0.05) is 17.8 Å². The Morgan fingerprint density at radius 1 is 1.15 bits per heavy atom. The number of esters is 1. The van der Waals surface area contributed by atoms with E-state index in [0.717, 1.165) is 0 Å². The first kappa shape index (κ1) is 17.2. The largest absolute Gasteiger partial charge is 0.470 e. The van der Waals surface area contributed by atoms with Crippen molar-refractivity contribution in [2.24, 2.45) is 0 Å². The van der Waals surface area contributed by atoms with Crippen molar-refractivity contribution in [3.63, 3.8) is 0 Å². The molecule has 2 aromatic carbocycles.